The van der Waals surface area contributed by atoms with Crippen molar-refractivity contribution in [2.75, 3.05) is 26.9 Å². The lowest BCUT2D eigenvalue weighted by molar-refractivity contribution is -0.148. The predicted molar refractivity (Wildman–Crippen MR) is 77.1 cm³/mol. The maximum absolute atomic E-state index is 12.0. The van der Waals surface area contributed by atoms with Gasteiger partial charge in [-0.25, -0.2) is 4.79 Å². The minimum absolute atomic E-state index is 0.0751. The maximum atomic E-state index is 12.0. The van der Waals surface area contributed by atoms with E-state index in [-0.39, 0.29) is 32.0 Å². The number of carbonyl (C=O) groups is 2. The predicted octanol–water partition coefficient (Wildman–Crippen LogP) is 0.306. The molecule has 1 atom stereocenters. The fourth-order valence-electron chi connectivity index (χ4n) is 2.19. The number of carboxylic acid groups (broad SMARTS) is 1. The van der Waals surface area contributed by atoms with Crippen molar-refractivity contribution in [3.8, 4) is 17.6 Å². The van der Waals surface area contributed by atoms with Crippen LogP contribution in [-0.2, 0) is 14.3 Å². The lowest BCUT2D eigenvalue weighted by Gasteiger charge is -2.23. The number of nitrogens with zero attached hydrogens (tertiary/aromatic N) is 1. The molecule has 1 heterocycles. The van der Waals surface area contributed by atoms with E-state index in [1.54, 1.807) is 0 Å². The summed E-state index contributed by atoms with van der Waals surface area (Å²) in [5.74, 6) is -1.12. The lowest BCUT2D eigenvalue weighted by atomic mass is 9.99. The minimum atomic E-state index is -1.41. The number of amides is 1. The fraction of sp³-hybridized carbons (Fsp3) is 0.400. The molecule has 1 aromatic carbocycles. The van der Waals surface area contributed by atoms with Crippen molar-refractivity contribution < 1.29 is 28.9 Å². The van der Waals surface area contributed by atoms with Crippen molar-refractivity contribution in [2.24, 2.45) is 0 Å². The number of hydrogen-bond donors (Lipinski definition) is 2. The van der Waals surface area contributed by atoms with Crippen molar-refractivity contribution >= 4 is 11.9 Å². The Hall–Kier alpha value is -2.79. The monoisotopic (exact) mass is 320 g/mol. The Morgan fingerprint density at radius 2 is 2.26 bits per heavy atom. The number of carbonyl (C=O) groups excluding carboxylic acids is 1. The first-order valence-electron chi connectivity index (χ1n) is 6.84. The van der Waals surface area contributed by atoms with Crippen LogP contribution in [-0.4, -0.2) is 49.5 Å². The lowest BCUT2D eigenvalue weighted by Crippen LogP contribution is -2.56. The Balaban J connectivity index is 1.99. The SMILES string of the molecule is COc1cc(C#N)ccc1OCC(=O)NC1(C(=O)O)CCOC1. The van der Waals surface area contributed by atoms with Crippen LogP contribution in [0.4, 0.5) is 0 Å². The number of carboxylic acids is 1. The number of aliphatic carboxylic acids is 1. The molecule has 1 unspecified atom stereocenters. The van der Waals surface area contributed by atoms with Crippen LogP contribution in [0.25, 0.3) is 0 Å². The summed E-state index contributed by atoms with van der Waals surface area (Å²) in [6, 6.07) is 6.49. The maximum Gasteiger partial charge on any atom is 0.331 e. The molecule has 23 heavy (non-hydrogen) atoms. The molecule has 0 aliphatic carbocycles. The molecule has 2 rings (SSSR count). The van der Waals surface area contributed by atoms with Gasteiger partial charge in [0, 0.05) is 19.1 Å². The molecule has 0 saturated carbocycles. The topological polar surface area (TPSA) is 118 Å². The molecule has 1 saturated heterocycles. The molecular weight excluding hydrogens is 304 g/mol. The van der Waals surface area contributed by atoms with E-state index in [2.05, 4.69) is 5.32 Å². The van der Waals surface area contributed by atoms with Gasteiger partial charge in [0.2, 0.25) is 0 Å². The number of benzene rings is 1. The summed E-state index contributed by atoms with van der Waals surface area (Å²) in [7, 11) is 1.42. The summed E-state index contributed by atoms with van der Waals surface area (Å²) in [6.45, 7) is -0.178. The zero-order chi connectivity index (χ0) is 16.9. The van der Waals surface area contributed by atoms with Crippen LogP contribution in [0.1, 0.15) is 12.0 Å². The van der Waals surface area contributed by atoms with E-state index in [0.717, 1.165) is 0 Å². The van der Waals surface area contributed by atoms with Crippen molar-refractivity contribution in [3.05, 3.63) is 23.8 Å². The van der Waals surface area contributed by atoms with Gasteiger partial charge >= 0.3 is 5.97 Å². The van der Waals surface area contributed by atoms with Gasteiger partial charge < -0.3 is 24.6 Å². The molecule has 1 aliphatic heterocycles. The van der Waals surface area contributed by atoms with E-state index in [1.807, 2.05) is 6.07 Å². The van der Waals surface area contributed by atoms with E-state index in [0.29, 0.717) is 11.3 Å². The van der Waals surface area contributed by atoms with Gasteiger partial charge in [-0.2, -0.15) is 5.26 Å². The van der Waals surface area contributed by atoms with Crippen LogP contribution in [0.15, 0.2) is 18.2 Å². The molecule has 2 N–H and O–H groups in total. The molecule has 1 fully saturated rings. The van der Waals surface area contributed by atoms with Crippen LogP contribution < -0.4 is 14.8 Å². The number of ether oxygens (including phenoxy) is 3. The summed E-state index contributed by atoms with van der Waals surface area (Å²) in [6.07, 6.45) is 0.203. The smallest absolute Gasteiger partial charge is 0.331 e. The second-order valence-corrected chi connectivity index (χ2v) is 5.00. The van der Waals surface area contributed by atoms with Gasteiger partial charge in [-0.3, -0.25) is 4.79 Å². The molecule has 0 bridgehead atoms. The quantitative estimate of drug-likeness (QED) is 0.774. The second kappa shape index (κ2) is 6.98. The van der Waals surface area contributed by atoms with Gasteiger partial charge in [-0.05, 0) is 12.1 Å². The number of nitriles is 1. The van der Waals surface area contributed by atoms with Gasteiger partial charge in [0.05, 0.1) is 25.3 Å². The first-order chi connectivity index (χ1) is 11.0. The van der Waals surface area contributed by atoms with E-state index in [9.17, 15) is 14.7 Å². The summed E-state index contributed by atoms with van der Waals surface area (Å²) in [5.41, 5.74) is -1.01. The molecule has 122 valence electrons. The van der Waals surface area contributed by atoms with Crippen LogP contribution in [0.3, 0.4) is 0 Å². The summed E-state index contributed by atoms with van der Waals surface area (Å²) >= 11 is 0. The summed E-state index contributed by atoms with van der Waals surface area (Å²) < 4.78 is 15.5. The Morgan fingerprint density at radius 3 is 2.83 bits per heavy atom. The Kier molecular flexibility index (Phi) is 5.03. The highest BCUT2D eigenvalue weighted by Gasteiger charge is 2.43. The van der Waals surface area contributed by atoms with Gasteiger partial charge in [0.15, 0.2) is 23.6 Å². The van der Waals surface area contributed by atoms with Crippen LogP contribution in [0, 0.1) is 11.3 Å². The van der Waals surface area contributed by atoms with Gasteiger partial charge in [0.1, 0.15) is 0 Å². The van der Waals surface area contributed by atoms with E-state index >= 15 is 0 Å². The van der Waals surface area contributed by atoms with Crippen molar-refractivity contribution in [1.29, 1.82) is 5.26 Å². The molecule has 8 nitrogen and oxygen atoms in total. The summed E-state index contributed by atoms with van der Waals surface area (Å²) in [5, 5.41) is 20.5. The highest BCUT2D eigenvalue weighted by molar-refractivity contribution is 5.88. The molecular formula is C15H16N2O6. The largest absolute Gasteiger partial charge is 0.493 e. The zero-order valence-corrected chi connectivity index (χ0v) is 12.5. The first kappa shape index (κ1) is 16.6. The van der Waals surface area contributed by atoms with Crippen molar-refractivity contribution in [1.82, 2.24) is 5.32 Å². The Morgan fingerprint density at radius 1 is 1.48 bits per heavy atom. The van der Waals surface area contributed by atoms with Gasteiger partial charge in [-0.1, -0.05) is 0 Å². The number of rotatable bonds is 6. The Bertz CT molecular complexity index is 646. The van der Waals surface area contributed by atoms with E-state index in [4.69, 9.17) is 19.5 Å². The third-order valence-electron chi connectivity index (χ3n) is 3.46. The van der Waals surface area contributed by atoms with Crippen LogP contribution >= 0.6 is 0 Å². The Labute approximate surface area is 132 Å². The molecule has 1 amide bonds. The second-order valence-electron chi connectivity index (χ2n) is 5.00. The molecule has 0 spiro atoms. The third-order valence-corrected chi connectivity index (χ3v) is 3.46. The number of methoxy groups -OCH3 is 1. The molecule has 0 aromatic heterocycles. The highest BCUT2D eigenvalue weighted by atomic mass is 16.5. The standard InChI is InChI=1S/C15H16N2O6/c1-21-12-6-10(7-16)2-3-11(12)23-8-13(18)17-15(14(19)20)4-5-22-9-15/h2-3,6H,4-5,8-9H2,1H3,(H,17,18)(H,19,20). The minimum Gasteiger partial charge on any atom is -0.493 e. The van der Waals surface area contributed by atoms with Crippen molar-refractivity contribution in [2.45, 2.75) is 12.0 Å². The molecule has 1 aromatic rings. The first-order valence-corrected chi connectivity index (χ1v) is 6.84. The third kappa shape index (κ3) is 3.70. The highest BCUT2D eigenvalue weighted by Crippen LogP contribution is 2.27. The number of nitrogens with one attached hydrogen (secondary N) is 1. The zero-order valence-electron chi connectivity index (χ0n) is 12.5. The molecule has 8 heteroatoms. The number of hydrogen-bond acceptors (Lipinski definition) is 6. The van der Waals surface area contributed by atoms with Gasteiger partial charge in [0.25, 0.3) is 5.91 Å². The van der Waals surface area contributed by atoms with E-state index < -0.39 is 17.4 Å². The van der Waals surface area contributed by atoms with Crippen molar-refractivity contribution in [3.63, 3.8) is 0 Å². The molecule has 1 aliphatic rings. The van der Waals surface area contributed by atoms with Crippen LogP contribution in [0.5, 0.6) is 11.5 Å². The average molecular weight is 320 g/mol. The normalized spacial score (nSPS) is 19.7. The molecule has 0 radical (unpaired) electrons. The summed E-state index contributed by atoms with van der Waals surface area (Å²) in [4.78, 5) is 23.3. The van der Waals surface area contributed by atoms with Crippen LogP contribution in [0.2, 0.25) is 0 Å². The van der Waals surface area contributed by atoms with E-state index in [1.165, 1.54) is 25.3 Å². The fourth-order valence-corrected chi connectivity index (χ4v) is 2.19. The average Bonchev–Trinajstić information content (AvgIpc) is 3.02. The van der Waals surface area contributed by atoms with Gasteiger partial charge in [-0.15, -0.1) is 0 Å².